The molecule has 6 nitrogen and oxygen atoms in total. The number of hydrogen-bond donors (Lipinski definition) is 0. The Morgan fingerprint density at radius 1 is 0.944 bits per heavy atom. The van der Waals surface area contributed by atoms with Gasteiger partial charge in [-0.3, -0.25) is 9.59 Å². The van der Waals surface area contributed by atoms with Gasteiger partial charge in [0.2, 0.25) is 0 Å². The third kappa shape index (κ3) is 5.00. The normalized spacial score (nSPS) is 18.3. The maximum absolute atomic E-state index is 13.6. The molecule has 3 aromatic rings. The predicted molar refractivity (Wildman–Crippen MR) is 138 cm³/mol. The van der Waals surface area contributed by atoms with Crippen LogP contribution in [0.5, 0.6) is 5.75 Å². The maximum Gasteiger partial charge on any atom is 0.263 e. The number of fused-ring (bicyclic) bond motifs is 1. The summed E-state index contributed by atoms with van der Waals surface area (Å²) < 4.78 is 11.5. The molecular formula is C30H32N2O4. The first-order valence-electron chi connectivity index (χ1n) is 12.6. The average Bonchev–Trinajstić information content (AvgIpc) is 2.92. The first kappa shape index (κ1) is 24.1. The summed E-state index contributed by atoms with van der Waals surface area (Å²) in [5.41, 5.74) is 5.12. The molecule has 2 heterocycles. The van der Waals surface area contributed by atoms with Crippen molar-refractivity contribution in [1.82, 2.24) is 9.80 Å². The zero-order chi connectivity index (χ0) is 25.1. The predicted octanol–water partition coefficient (Wildman–Crippen LogP) is 4.41. The number of morpholine rings is 1. The molecule has 3 aromatic carbocycles. The van der Waals surface area contributed by atoms with Crippen molar-refractivity contribution in [2.45, 2.75) is 32.4 Å². The molecule has 2 atom stereocenters. The molecule has 0 unspecified atom stereocenters. The molecule has 0 bridgehead atoms. The summed E-state index contributed by atoms with van der Waals surface area (Å²) in [6, 6.07) is 23.5. The number of amides is 2. The Labute approximate surface area is 212 Å². The quantitative estimate of drug-likeness (QED) is 0.538. The van der Waals surface area contributed by atoms with Crippen LogP contribution >= 0.6 is 0 Å². The van der Waals surface area contributed by atoms with E-state index in [2.05, 4.69) is 31.2 Å². The van der Waals surface area contributed by atoms with Crippen molar-refractivity contribution in [2.24, 2.45) is 0 Å². The summed E-state index contributed by atoms with van der Waals surface area (Å²) in [5, 5.41) is 0. The van der Waals surface area contributed by atoms with Crippen LogP contribution in [-0.2, 0) is 16.0 Å². The highest BCUT2D eigenvalue weighted by Gasteiger charge is 2.33. The number of carbonyl (C=O) groups is 2. The lowest BCUT2D eigenvalue weighted by Gasteiger charge is -2.38. The zero-order valence-corrected chi connectivity index (χ0v) is 20.9. The number of carbonyl (C=O) groups excluding carboxylic acids is 2. The fourth-order valence-electron chi connectivity index (χ4n) is 5.13. The van der Waals surface area contributed by atoms with Gasteiger partial charge in [0.1, 0.15) is 5.75 Å². The molecule has 2 amide bonds. The van der Waals surface area contributed by atoms with Crippen LogP contribution in [0.25, 0.3) is 0 Å². The minimum atomic E-state index is -0.607. The number of ether oxygens (including phenoxy) is 2. The molecule has 0 spiro atoms. The summed E-state index contributed by atoms with van der Waals surface area (Å²) >= 11 is 0. The molecule has 2 aliphatic heterocycles. The van der Waals surface area contributed by atoms with E-state index in [9.17, 15) is 9.59 Å². The Morgan fingerprint density at radius 3 is 2.47 bits per heavy atom. The average molecular weight is 485 g/mol. The number of nitrogens with zero attached hydrogens (tertiary/aromatic N) is 2. The molecule has 1 saturated heterocycles. The van der Waals surface area contributed by atoms with E-state index in [1.165, 1.54) is 5.56 Å². The number of rotatable bonds is 5. The van der Waals surface area contributed by atoms with Crippen molar-refractivity contribution in [2.75, 3.05) is 32.8 Å². The summed E-state index contributed by atoms with van der Waals surface area (Å²) in [6.45, 7) is 6.77. The van der Waals surface area contributed by atoms with E-state index in [1.807, 2.05) is 53.4 Å². The lowest BCUT2D eigenvalue weighted by molar-refractivity contribution is -0.142. The van der Waals surface area contributed by atoms with E-state index in [4.69, 9.17) is 9.47 Å². The Balaban J connectivity index is 1.47. The van der Waals surface area contributed by atoms with Crippen LogP contribution in [0.4, 0.5) is 0 Å². The van der Waals surface area contributed by atoms with E-state index in [-0.39, 0.29) is 17.9 Å². The highest BCUT2D eigenvalue weighted by atomic mass is 16.5. The number of hydrogen-bond acceptors (Lipinski definition) is 4. The largest absolute Gasteiger partial charge is 0.481 e. The van der Waals surface area contributed by atoms with Crippen LogP contribution in [-0.4, -0.2) is 60.6 Å². The van der Waals surface area contributed by atoms with Crippen molar-refractivity contribution in [1.29, 1.82) is 0 Å². The Morgan fingerprint density at radius 2 is 1.72 bits per heavy atom. The zero-order valence-electron chi connectivity index (χ0n) is 20.9. The third-order valence-corrected chi connectivity index (χ3v) is 6.97. The van der Waals surface area contributed by atoms with Gasteiger partial charge in [-0.15, -0.1) is 0 Å². The fraction of sp³-hybridized carbons (Fsp3) is 0.333. The molecule has 0 aliphatic carbocycles. The van der Waals surface area contributed by atoms with Crippen LogP contribution in [0.2, 0.25) is 0 Å². The van der Waals surface area contributed by atoms with Crippen LogP contribution in [0.3, 0.4) is 0 Å². The second kappa shape index (κ2) is 10.5. The van der Waals surface area contributed by atoms with Crippen LogP contribution in [0, 0.1) is 6.92 Å². The molecule has 2 aliphatic rings. The third-order valence-electron chi connectivity index (χ3n) is 6.97. The van der Waals surface area contributed by atoms with E-state index in [1.54, 1.807) is 11.8 Å². The SMILES string of the molecule is Cc1cccc([C@H]2c3cc(O[C@H](C)C(=O)N4CCOCC4)ccc3CCN2C(=O)c2ccccc2)c1. The van der Waals surface area contributed by atoms with Gasteiger partial charge in [-0.05, 0) is 61.2 Å². The Kier molecular flexibility index (Phi) is 7.05. The van der Waals surface area contributed by atoms with Crippen molar-refractivity contribution in [3.8, 4) is 5.75 Å². The van der Waals surface area contributed by atoms with E-state index in [0.717, 1.165) is 23.1 Å². The lowest BCUT2D eigenvalue weighted by atomic mass is 9.87. The van der Waals surface area contributed by atoms with Gasteiger partial charge >= 0.3 is 0 Å². The molecular weight excluding hydrogens is 452 g/mol. The second-order valence-corrected chi connectivity index (χ2v) is 9.49. The van der Waals surface area contributed by atoms with Gasteiger partial charge in [0.25, 0.3) is 11.8 Å². The monoisotopic (exact) mass is 484 g/mol. The Bertz CT molecular complexity index is 1240. The smallest absolute Gasteiger partial charge is 0.263 e. The summed E-state index contributed by atoms with van der Waals surface area (Å²) in [5.74, 6) is 0.608. The molecule has 6 heteroatoms. The molecule has 0 radical (unpaired) electrons. The molecule has 0 aromatic heterocycles. The van der Waals surface area contributed by atoms with Gasteiger partial charge in [-0.2, -0.15) is 0 Å². The van der Waals surface area contributed by atoms with Crippen molar-refractivity contribution in [3.05, 3.63) is 101 Å². The van der Waals surface area contributed by atoms with Gasteiger partial charge in [-0.25, -0.2) is 0 Å². The fourth-order valence-corrected chi connectivity index (χ4v) is 5.13. The van der Waals surface area contributed by atoms with Crippen molar-refractivity contribution >= 4 is 11.8 Å². The highest BCUT2D eigenvalue weighted by Crippen LogP contribution is 2.38. The van der Waals surface area contributed by atoms with Crippen molar-refractivity contribution in [3.63, 3.8) is 0 Å². The van der Waals surface area contributed by atoms with Gasteiger partial charge in [-0.1, -0.05) is 54.1 Å². The van der Waals surface area contributed by atoms with E-state index in [0.29, 0.717) is 44.2 Å². The second-order valence-electron chi connectivity index (χ2n) is 9.49. The molecule has 5 rings (SSSR count). The van der Waals surface area contributed by atoms with Crippen molar-refractivity contribution < 1.29 is 19.1 Å². The van der Waals surface area contributed by atoms with Gasteiger partial charge in [0.05, 0.1) is 19.3 Å². The minimum absolute atomic E-state index is 0.00920. The summed E-state index contributed by atoms with van der Waals surface area (Å²) in [4.78, 5) is 30.3. The van der Waals surface area contributed by atoms with Crippen LogP contribution < -0.4 is 4.74 Å². The molecule has 0 saturated carbocycles. The van der Waals surface area contributed by atoms with Crippen LogP contribution in [0.15, 0.2) is 72.8 Å². The first-order valence-corrected chi connectivity index (χ1v) is 12.6. The van der Waals surface area contributed by atoms with Gasteiger partial charge in [0, 0.05) is 25.2 Å². The first-order chi connectivity index (χ1) is 17.5. The summed E-state index contributed by atoms with van der Waals surface area (Å²) in [7, 11) is 0. The van der Waals surface area contributed by atoms with Gasteiger partial charge in [0.15, 0.2) is 6.10 Å². The Hall–Kier alpha value is -3.64. The number of benzene rings is 3. The molecule has 36 heavy (non-hydrogen) atoms. The molecule has 1 fully saturated rings. The topological polar surface area (TPSA) is 59.1 Å². The summed E-state index contributed by atoms with van der Waals surface area (Å²) in [6.07, 6.45) is 0.155. The molecule has 186 valence electrons. The highest BCUT2D eigenvalue weighted by molar-refractivity contribution is 5.95. The molecule has 0 N–H and O–H groups in total. The van der Waals surface area contributed by atoms with E-state index < -0.39 is 6.10 Å². The van der Waals surface area contributed by atoms with Crippen LogP contribution in [0.1, 0.15) is 45.6 Å². The lowest BCUT2D eigenvalue weighted by Crippen LogP contribution is -2.46. The van der Waals surface area contributed by atoms with E-state index >= 15 is 0 Å². The standard InChI is InChI=1S/C30H32N2O4/c1-21-7-6-10-25(19-21)28-27-20-26(36-22(2)29(33)31-15-17-35-18-16-31)12-11-23(27)13-14-32(28)30(34)24-8-4-3-5-9-24/h3-12,19-20,22,28H,13-18H2,1-2H3/t22-,28+/m1/s1. The minimum Gasteiger partial charge on any atom is -0.481 e. The number of aryl methyl sites for hydroxylation is 1. The maximum atomic E-state index is 13.6. The van der Waals surface area contributed by atoms with Gasteiger partial charge < -0.3 is 19.3 Å².